The van der Waals surface area contributed by atoms with E-state index < -0.39 is 0 Å². The zero-order valence-electron chi connectivity index (χ0n) is 12.9. The molecule has 0 fully saturated rings. The summed E-state index contributed by atoms with van der Waals surface area (Å²) in [5.74, 6) is 1.01. The third kappa shape index (κ3) is 6.06. The lowest BCUT2D eigenvalue weighted by Crippen LogP contribution is -2.13. The third-order valence-corrected chi connectivity index (χ3v) is 3.15. The van der Waals surface area contributed by atoms with Crippen LogP contribution in [0, 0.1) is 5.82 Å². The van der Waals surface area contributed by atoms with Crippen LogP contribution >= 0.6 is 12.4 Å². The van der Waals surface area contributed by atoms with E-state index in [9.17, 15) is 4.39 Å². The minimum atomic E-state index is -0.230. The number of ether oxygens (including phenoxy) is 2. The van der Waals surface area contributed by atoms with Crippen LogP contribution in [0.4, 0.5) is 4.39 Å². The molecule has 0 amide bonds. The number of hydrogen-bond donors (Lipinski definition) is 2. The van der Waals surface area contributed by atoms with Crippen molar-refractivity contribution in [2.24, 2.45) is 0 Å². The van der Waals surface area contributed by atoms with Gasteiger partial charge in [-0.15, -0.1) is 12.4 Å². The molecule has 0 aromatic heterocycles. The molecule has 0 aliphatic heterocycles. The van der Waals surface area contributed by atoms with E-state index in [0.717, 1.165) is 11.1 Å². The summed E-state index contributed by atoms with van der Waals surface area (Å²) in [6.45, 7) is 1.52. The standard InChI is InChI=1S/C17H20FNO3.ClH/c1-21-17-10-14(4-7-16(17)22-9-8-20)12-19-11-13-2-5-15(18)6-3-13;/h2-7,10,19-20H,8-9,11-12H2,1H3;1H. The second-order valence-electron chi connectivity index (χ2n) is 4.79. The summed E-state index contributed by atoms with van der Waals surface area (Å²) in [6, 6.07) is 12.1. The van der Waals surface area contributed by atoms with Crippen molar-refractivity contribution in [2.45, 2.75) is 13.1 Å². The number of aliphatic hydroxyl groups is 1. The van der Waals surface area contributed by atoms with Gasteiger partial charge in [-0.1, -0.05) is 18.2 Å². The Balaban J connectivity index is 0.00000264. The van der Waals surface area contributed by atoms with Crippen LogP contribution in [0.2, 0.25) is 0 Å². The molecule has 2 rings (SSSR count). The summed E-state index contributed by atoms with van der Waals surface area (Å²) in [7, 11) is 1.58. The molecule has 0 saturated carbocycles. The highest BCUT2D eigenvalue weighted by molar-refractivity contribution is 5.85. The minimum absolute atomic E-state index is 0. The van der Waals surface area contributed by atoms with E-state index in [4.69, 9.17) is 14.6 Å². The first-order chi connectivity index (χ1) is 10.7. The normalized spacial score (nSPS) is 10.0. The van der Waals surface area contributed by atoms with Gasteiger partial charge in [-0.3, -0.25) is 0 Å². The zero-order valence-corrected chi connectivity index (χ0v) is 13.7. The van der Waals surface area contributed by atoms with Crippen molar-refractivity contribution in [1.82, 2.24) is 5.32 Å². The highest BCUT2D eigenvalue weighted by atomic mass is 35.5. The summed E-state index contributed by atoms with van der Waals surface area (Å²) in [4.78, 5) is 0. The molecule has 0 heterocycles. The summed E-state index contributed by atoms with van der Waals surface area (Å²) in [5, 5.41) is 12.1. The molecule has 2 aromatic carbocycles. The van der Waals surface area contributed by atoms with Crippen molar-refractivity contribution in [3.8, 4) is 11.5 Å². The smallest absolute Gasteiger partial charge is 0.161 e. The van der Waals surface area contributed by atoms with Crippen molar-refractivity contribution >= 4 is 12.4 Å². The average Bonchev–Trinajstić information content (AvgIpc) is 2.55. The molecule has 23 heavy (non-hydrogen) atoms. The van der Waals surface area contributed by atoms with E-state index in [0.29, 0.717) is 24.6 Å². The van der Waals surface area contributed by atoms with Crippen LogP contribution in [0.15, 0.2) is 42.5 Å². The molecular weight excluding hydrogens is 321 g/mol. The van der Waals surface area contributed by atoms with Gasteiger partial charge in [0.15, 0.2) is 11.5 Å². The lowest BCUT2D eigenvalue weighted by atomic mass is 10.2. The van der Waals surface area contributed by atoms with Gasteiger partial charge in [-0.25, -0.2) is 4.39 Å². The van der Waals surface area contributed by atoms with E-state index in [1.165, 1.54) is 12.1 Å². The Morgan fingerprint density at radius 1 is 1.00 bits per heavy atom. The molecule has 4 nitrogen and oxygen atoms in total. The molecule has 0 unspecified atom stereocenters. The number of aliphatic hydroxyl groups excluding tert-OH is 1. The van der Waals surface area contributed by atoms with E-state index in [-0.39, 0.29) is 31.4 Å². The fourth-order valence-corrected chi connectivity index (χ4v) is 2.05. The van der Waals surface area contributed by atoms with Crippen LogP contribution in [-0.4, -0.2) is 25.4 Å². The van der Waals surface area contributed by atoms with Gasteiger partial charge in [0.25, 0.3) is 0 Å². The van der Waals surface area contributed by atoms with E-state index in [1.807, 2.05) is 18.2 Å². The molecule has 0 saturated heterocycles. The molecule has 6 heteroatoms. The van der Waals surface area contributed by atoms with Gasteiger partial charge in [-0.2, -0.15) is 0 Å². The number of halogens is 2. The Kier molecular flexibility index (Phi) is 8.40. The maximum atomic E-state index is 12.8. The van der Waals surface area contributed by atoms with E-state index >= 15 is 0 Å². The van der Waals surface area contributed by atoms with Gasteiger partial charge < -0.3 is 19.9 Å². The first-order valence-corrected chi connectivity index (χ1v) is 7.08. The predicted molar refractivity (Wildman–Crippen MR) is 89.8 cm³/mol. The predicted octanol–water partition coefficient (Wildman–Crippen LogP) is 2.92. The Morgan fingerprint density at radius 2 is 1.65 bits per heavy atom. The lowest BCUT2D eigenvalue weighted by Gasteiger charge is -2.12. The number of rotatable bonds is 8. The quantitative estimate of drug-likeness (QED) is 0.775. The molecule has 0 bridgehead atoms. The molecule has 2 aromatic rings. The Labute approximate surface area is 141 Å². The molecule has 0 aliphatic rings. The molecule has 2 N–H and O–H groups in total. The number of methoxy groups -OCH3 is 1. The number of nitrogens with one attached hydrogen (secondary N) is 1. The first kappa shape index (κ1) is 19.2. The van der Waals surface area contributed by atoms with Crippen LogP contribution in [0.1, 0.15) is 11.1 Å². The van der Waals surface area contributed by atoms with Crippen LogP contribution in [0.5, 0.6) is 11.5 Å². The summed E-state index contributed by atoms with van der Waals surface area (Å²) in [5.41, 5.74) is 2.08. The topological polar surface area (TPSA) is 50.7 Å². The Morgan fingerprint density at radius 3 is 2.30 bits per heavy atom. The Hall–Kier alpha value is -1.82. The average molecular weight is 342 g/mol. The minimum Gasteiger partial charge on any atom is -0.493 e. The maximum Gasteiger partial charge on any atom is 0.161 e. The van der Waals surface area contributed by atoms with Crippen molar-refractivity contribution in [3.63, 3.8) is 0 Å². The monoisotopic (exact) mass is 341 g/mol. The highest BCUT2D eigenvalue weighted by Crippen LogP contribution is 2.27. The van der Waals surface area contributed by atoms with Crippen molar-refractivity contribution < 1.29 is 19.0 Å². The van der Waals surface area contributed by atoms with E-state index in [1.54, 1.807) is 19.2 Å². The van der Waals surface area contributed by atoms with Gasteiger partial charge in [0.2, 0.25) is 0 Å². The molecule has 0 radical (unpaired) electrons. The van der Waals surface area contributed by atoms with Gasteiger partial charge in [0.1, 0.15) is 12.4 Å². The van der Waals surface area contributed by atoms with Crippen LogP contribution in [-0.2, 0) is 13.1 Å². The molecule has 0 spiro atoms. The fourth-order valence-electron chi connectivity index (χ4n) is 2.05. The van der Waals surface area contributed by atoms with Crippen molar-refractivity contribution in [1.29, 1.82) is 0 Å². The highest BCUT2D eigenvalue weighted by Gasteiger charge is 2.05. The largest absolute Gasteiger partial charge is 0.493 e. The summed E-state index contributed by atoms with van der Waals surface area (Å²) >= 11 is 0. The second kappa shape index (κ2) is 10.0. The number of hydrogen-bond acceptors (Lipinski definition) is 4. The third-order valence-electron chi connectivity index (χ3n) is 3.15. The summed E-state index contributed by atoms with van der Waals surface area (Å²) in [6.07, 6.45) is 0. The molecule has 0 atom stereocenters. The molecule has 126 valence electrons. The Bertz CT molecular complexity index is 593. The van der Waals surface area contributed by atoms with Crippen LogP contribution in [0.3, 0.4) is 0 Å². The van der Waals surface area contributed by atoms with Gasteiger partial charge in [0, 0.05) is 13.1 Å². The summed E-state index contributed by atoms with van der Waals surface area (Å²) < 4.78 is 23.5. The van der Waals surface area contributed by atoms with Gasteiger partial charge in [0.05, 0.1) is 13.7 Å². The van der Waals surface area contributed by atoms with Crippen molar-refractivity contribution in [3.05, 3.63) is 59.4 Å². The van der Waals surface area contributed by atoms with Crippen LogP contribution in [0.25, 0.3) is 0 Å². The molecular formula is C17H21ClFNO3. The van der Waals surface area contributed by atoms with E-state index in [2.05, 4.69) is 5.32 Å². The first-order valence-electron chi connectivity index (χ1n) is 7.08. The van der Waals surface area contributed by atoms with Gasteiger partial charge >= 0.3 is 0 Å². The van der Waals surface area contributed by atoms with Gasteiger partial charge in [-0.05, 0) is 35.4 Å². The second-order valence-corrected chi connectivity index (χ2v) is 4.79. The lowest BCUT2D eigenvalue weighted by molar-refractivity contribution is 0.196. The fraction of sp³-hybridized carbons (Fsp3) is 0.294. The van der Waals surface area contributed by atoms with Crippen LogP contribution < -0.4 is 14.8 Å². The number of benzene rings is 2. The SMILES string of the molecule is COc1cc(CNCc2ccc(F)cc2)ccc1OCCO.Cl. The van der Waals surface area contributed by atoms with Crippen molar-refractivity contribution in [2.75, 3.05) is 20.3 Å². The molecule has 0 aliphatic carbocycles. The maximum absolute atomic E-state index is 12.8. The zero-order chi connectivity index (χ0) is 15.8.